The van der Waals surface area contributed by atoms with Gasteiger partial charge in [0.15, 0.2) is 0 Å². The molecule has 0 spiro atoms. The summed E-state index contributed by atoms with van der Waals surface area (Å²) in [6, 6.07) is 0. The van der Waals surface area contributed by atoms with Crippen molar-refractivity contribution in [1.29, 1.82) is 0 Å². The van der Waals surface area contributed by atoms with Gasteiger partial charge in [-0.05, 0) is 18.3 Å². The van der Waals surface area contributed by atoms with Crippen molar-refractivity contribution in [1.82, 2.24) is 0 Å². The maximum atomic E-state index is 13.6. The molecule has 3 nitrogen and oxygen atoms in total. The van der Waals surface area contributed by atoms with Crippen LogP contribution in [0.3, 0.4) is 0 Å². The summed E-state index contributed by atoms with van der Waals surface area (Å²) in [5.41, 5.74) is -0.439. The second-order valence-corrected chi connectivity index (χ2v) is 8.91. The first kappa shape index (κ1) is 23.4. The van der Waals surface area contributed by atoms with Gasteiger partial charge in [0.25, 0.3) is 0 Å². The van der Waals surface area contributed by atoms with E-state index >= 15 is 0 Å². The Hall–Kier alpha value is -0.660. The first-order valence-electron chi connectivity index (χ1n) is 6.71. The van der Waals surface area contributed by atoms with E-state index in [9.17, 15) is 47.9 Å². The minimum absolute atomic E-state index is 0.0402. The summed E-state index contributed by atoms with van der Waals surface area (Å²) >= 11 is 2.80. The van der Waals surface area contributed by atoms with Gasteiger partial charge in [0.2, 0.25) is 0 Å². The molecule has 14 heteroatoms. The van der Waals surface area contributed by atoms with Gasteiger partial charge in [0, 0.05) is 10.9 Å². The minimum atomic E-state index is -7.32. The fourth-order valence-corrected chi connectivity index (χ4v) is 4.13. The monoisotopic (exact) mass is 486 g/mol. The Kier molecular flexibility index (Phi) is 5.80. The highest BCUT2D eigenvalue weighted by atomic mass is 79.9. The molecule has 0 saturated carbocycles. The smallest absolute Gasteiger partial charge is 0.382 e. The van der Waals surface area contributed by atoms with Crippen molar-refractivity contribution >= 4 is 26.0 Å². The van der Waals surface area contributed by atoms with E-state index in [1.807, 2.05) is 0 Å². The molecule has 0 saturated heterocycles. The van der Waals surface area contributed by atoms with Gasteiger partial charge < -0.3 is 4.18 Å². The number of rotatable bonds is 5. The summed E-state index contributed by atoms with van der Waals surface area (Å²) in [5.74, 6) is -15.4. The van der Waals surface area contributed by atoms with Gasteiger partial charge in [-0.1, -0.05) is 29.8 Å². The molecule has 0 fully saturated rings. The van der Waals surface area contributed by atoms with Crippen molar-refractivity contribution in [2.24, 2.45) is 5.41 Å². The molecule has 0 atom stereocenters. The number of halogens is 10. The number of hydrogen-bond donors (Lipinski definition) is 0. The van der Waals surface area contributed by atoms with Crippen LogP contribution in [0.1, 0.15) is 33.1 Å². The molecule has 0 amide bonds. The Morgan fingerprint density at radius 3 is 1.81 bits per heavy atom. The third-order valence-corrected chi connectivity index (χ3v) is 5.63. The number of allylic oxidation sites excluding steroid dienone is 2. The SMILES string of the molecule is CC1(C)CCC(OS(=O)(=O)C(F)(F)C(F)(F)C(F)(F)C(F)(F)F)=C(Br)C1. The third-order valence-electron chi connectivity index (χ3n) is 3.61. The average Bonchev–Trinajstić information content (AvgIpc) is 2.39. The molecular weight excluding hydrogens is 475 g/mol. The topological polar surface area (TPSA) is 43.4 Å². The van der Waals surface area contributed by atoms with Crippen molar-refractivity contribution in [2.45, 2.75) is 56.4 Å². The van der Waals surface area contributed by atoms with Crippen LogP contribution in [0, 0.1) is 5.41 Å². The maximum absolute atomic E-state index is 13.6. The van der Waals surface area contributed by atoms with E-state index < -0.39 is 44.6 Å². The number of alkyl halides is 9. The van der Waals surface area contributed by atoms with Gasteiger partial charge in [-0.2, -0.15) is 47.9 Å². The summed E-state index contributed by atoms with van der Waals surface area (Å²) in [4.78, 5) is 0. The zero-order valence-electron chi connectivity index (χ0n) is 13.0. The molecule has 0 radical (unpaired) electrons. The molecule has 1 aliphatic rings. The molecule has 0 unspecified atom stereocenters. The molecule has 0 heterocycles. The van der Waals surface area contributed by atoms with Crippen LogP contribution in [-0.4, -0.2) is 31.7 Å². The predicted octanol–water partition coefficient (Wildman–Crippen LogP) is 5.58. The molecule has 26 heavy (non-hydrogen) atoms. The lowest BCUT2D eigenvalue weighted by Gasteiger charge is -2.34. The highest BCUT2D eigenvalue weighted by Gasteiger charge is 2.86. The zero-order valence-corrected chi connectivity index (χ0v) is 15.4. The highest BCUT2D eigenvalue weighted by molar-refractivity contribution is 9.11. The van der Waals surface area contributed by atoms with E-state index in [-0.39, 0.29) is 23.7 Å². The molecule has 1 aliphatic carbocycles. The molecule has 0 aromatic rings. The van der Waals surface area contributed by atoms with E-state index in [0.29, 0.717) is 0 Å². The van der Waals surface area contributed by atoms with Gasteiger partial charge in [-0.3, -0.25) is 0 Å². The Balaban J connectivity index is 3.30. The van der Waals surface area contributed by atoms with E-state index in [1.54, 1.807) is 13.8 Å². The van der Waals surface area contributed by atoms with Crippen molar-refractivity contribution in [2.75, 3.05) is 0 Å². The first-order valence-corrected chi connectivity index (χ1v) is 8.91. The Bertz CT molecular complexity index is 695. The van der Waals surface area contributed by atoms with Crippen molar-refractivity contribution in [3.63, 3.8) is 0 Å². The fourth-order valence-electron chi connectivity index (χ4n) is 1.98. The van der Waals surface area contributed by atoms with Crippen LogP contribution in [-0.2, 0) is 14.3 Å². The molecule has 154 valence electrons. The molecular formula is C12H12BrF9O3S. The van der Waals surface area contributed by atoms with Gasteiger partial charge in [-0.15, -0.1) is 0 Å². The van der Waals surface area contributed by atoms with E-state index in [2.05, 4.69) is 20.1 Å². The summed E-state index contributed by atoms with van der Waals surface area (Å²) in [7, 11) is -6.88. The van der Waals surface area contributed by atoms with E-state index in [4.69, 9.17) is 0 Å². The van der Waals surface area contributed by atoms with E-state index in [1.165, 1.54) is 0 Å². The van der Waals surface area contributed by atoms with Crippen molar-refractivity contribution in [3.05, 3.63) is 10.2 Å². The maximum Gasteiger partial charge on any atom is 0.460 e. The highest BCUT2D eigenvalue weighted by Crippen LogP contribution is 2.55. The van der Waals surface area contributed by atoms with Crippen LogP contribution >= 0.6 is 15.9 Å². The van der Waals surface area contributed by atoms with Crippen molar-refractivity contribution < 1.29 is 52.1 Å². The molecule has 0 aliphatic heterocycles. The van der Waals surface area contributed by atoms with E-state index in [0.717, 1.165) is 0 Å². The summed E-state index contributed by atoms with van der Waals surface area (Å²) in [6.45, 7) is 3.40. The van der Waals surface area contributed by atoms with Gasteiger partial charge in [-0.25, -0.2) is 0 Å². The lowest BCUT2D eigenvalue weighted by molar-refractivity contribution is -0.382. The molecule has 1 rings (SSSR count). The second kappa shape index (κ2) is 6.45. The van der Waals surface area contributed by atoms with Crippen LogP contribution < -0.4 is 0 Å². The third kappa shape index (κ3) is 3.80. The zero-order chi connectivity index (χ0) is 21.0. The Morgan fingerprint density at radius 2 is 1.42 bits per heavy atom. The fraction of sp³-hybridized carbons (Fsp3) is 0.833. The first-order chi connectivity index (χ1) is 11.2. The molecule has 0 aromatic heterocycles. The largest absolute Gasteiger partial charge is 0.460 e. The predicted molar refractivity (Wildman–Crippen MR) is 74.5 cm³/mol. The number of hydrogen-bond acceptors (Lipinski definition) is 3. The lowest BCUT2D eigenvalue weighted by Crippen LogP contribution is -2.63. The van der Waals surface area contributed by atoms with Crippen LogP contribution in [0.25, 0.3) is 0 Å². The average molecular weight is 487 g/mol. The summed E-state index contributed by atoms with van der Waals surface area (Å²) in [6.07, 6.45) is -7.26. The van der Waals surface area contributed by atoms with Crippen LogP contribution in [0.4, 0.5) is 39.5 Å². The molecule has 0 N–H and O–H groups in total. The van der Waals surface area contributed by atoms with Crippen LogP contribution in [0.2, 0.25) is 0 Å². The summed E-state index contributed by atoms with van der Waals surface area (Å²) < 4.78 is 142. The second-order valence-electron chi connectivity index (χ2n) is 6.37. The molecule has 0 aromatic carbocycles. The van der Waals surface area contributed by atoms with Gasteiger partial charge >= 0.3 is 33.4 Å². The quantitative estimate of drug-likeness (QED) is 0.376. The van der Waals surface area contributed by atoms with Crippen molar-refractivity contribution in [3.8, 4) is 0 Å². The van der Waals surface area contributed by atoms with Gasteiger partial charge in [0.1, 0.15) is 5.76 Å². The van der Waals surface area contributed by atoms with Crippen LogP contribution in [0.15, 0.2) is 10.2 Å². The minimum Gasteiger partial charge on any atom is -0.382 e. The standard InChI is InChI=1S/C12H12BrF9O3S/c1-8(2)4-3-7(6(13)5-8)25-26(23,24)12(21,22)10(16,17)9(14,15)11(18,19)20/h3-5H2,1-2H3. The normalized spacial score (nSPS) is 20.3. The van der Waals surface area contributed by atoms with Crippen LogP contribution in [0.5, 0.6) is 0 Å². The molecule has 0 bridgehead atoms. The van der Waals surface area contributed by atoms with Gasteiger partial charge in [0.05, 0.1) is 0 Å². The Labute approximate surface area is 150 Å². The lowest BCUT2D eigenvalue weighted by atomic mass is 9.80. The summed E-state index contributed by atoms with van der Waals surface area (Å²) in [5, 5.41) is -6.85. The Morgan fingerprint density at radius 1 is 0.962 bits per heavy atom.